The van der Waals surface area contributed by atoms with Crippen LogP contribution in [0.1, 0.15) is 24.1 Å². The van der Waals surface area contributed by atoms with Gasteiger partial charge in [-0.1, -0.05) is 18.2 Å². The van der Waals surface area contributed by atoms with Gasteiger partial charge in [-0.25, -0.2) is 13.7 Å². The normalized spacial score (nSPS) is 14.7. The van der Waals surface area contributed by atoms with Crippen molar-refractivity contribution in [3.05, 3.63) is 50.8 Å². The van der Waals surface area contributed by atoms with Crippen molar-refractivity contribution in [3.63, 3.8) is 0 Å². The number of fused-ring (bicyclic) bond motifs is 2. The molecule has 2 aromatic heterocycles. The number of benzene rings is 1. The van der Waals surface area contributed by atoms with Crippen LogP contribution in [0.25, 0.3) is 10.9 Å². The predicted molar refractivity (Wildman–Crippen MR) is 101 cm³/mol. The van der Waals surface area contributed by atoms with Gasteiger partial charge in [0.15, 0.2) is 0 Å². The maximum absolute atomic E-state index is 11.8. The van der Waals surface area contributed by atoms with Crippen molar-refractivity contribution >= 4 is 28.1 Å². The number of anilines is 1. The molecule has 0 radical (unpaired) electrons. The lowest BCUT2D eigenvalue weighted by atomic mass is 9.93. The molecule has 130 valence electrons. The fraction of sp³-hybridized carbons (Fsp3) is 0.389. The summed E-state index contributed by atoms with van der Waals surface area (Å²) in [5.74, 6) is 0. The van der Waals surface area contributed by atoms with Crippen molar-refractivity contribution in [2.75, 3.05) is 12.0 Å². The molecule has 7 heteroatoms. The molecule has 0 fully saturated rings. The molecule has 0 spiro atoms. The van der Waals surface area contributed by atoms with E-state index in [1.807, 2.05) is 12.1 Å². The number of rotatable bonds is 3. The van der Waals surface area contributed by atoms with Crippen LogP contribution < -0.4 is 15.8 Å². The molecular weight excluding hydrogens is 334 g/mol. The van der Waals surface area contributed by atoms with Gasteiger partial charge in [0.2, 0.25) is 4.80 Å². The molecule has 0 bridgehead atoms. The van der Waals surface area contributed by atoms with Crippen molar-refractivity contribution in [1.29, 1.82) is 0 Å². The van der Waals surface area contributed by atoms with Crippen LogP contribution in [0.3, 0.4) is 0 Å². The summed E-state index contributed by atoms with van der Waals surface area (Å²) < 4.78 is 3.16. The first-order valence-corrected chi connectivity index (χ1v) is 9.30. The van der Waals surface area contributed by atoms with Gasteiger partial charge in [0.05, 0.1) is 11.2 Å². The minimum atomic E-state index is -0.0458. The van der Waals surface area contributed by atoms with Gasteiger partial charge < -0.3 is 5.32 Å². The molecule has 1 aliphatic carbocycles. The number of hydrogen-bond acceptors (Lipinski definition) is 5. The van der Waals surface area contributed by atoms with E-state index in [1.165, 1.54) is 35.6 Å². The summed E-state index contributed by atoms with van der Waals surface area (Å²) in [7, 11) is 3.51. The maximum atomic E-state index is 11.8. The summed E-state index contributed by atoms with van der Waals surface area (Å²) >= 11 is 1.36. The summed E-state index contributed by atoms with van der Waals surface area (Å²) in [5, 5.41) is 4.64. The third kappa shape index (κ3) is 2.89. The minimum absolute atomic E-state index is 0.0458. The summed E-state index contributed by atoms with van der Waals surface area (Å²) in [5.41, 5.74) is 4.67. The van der Waals surface area contributed by atoms with Crippen LogP contribution in [0.15, 0.2) is 34.1 Å². The van der Waals surface area contributed by atoms with Crippen LogP contribution >= 0.6 is 11.5 Å². The second-order valence-electron chi connectivity index (χ2n) is 6.34. The zero-order chi connectivity index (χ0) is 17.4. The van der Waals surface area contributed by atoms with Crippen LogP contribution in [0.4, 0.5) is 5.69 Å². The molecule has 1 N–H and O–H groups in total. The zero-order valence-corrected chi connectivity index (χ0v) is 15.3. The molecule has 25 heavy (non-hydrogen) atoms. The Bertz CT molecular complexity index is 1060. The quantitative estimate of drug-likeness (QED) is 0.783. The Kier molecular flexibility index (Phi) is 4.17. The summed E-state index contributed by atoms with van der Waals surface area (Å²) in [6.07, 6.45) is 4.51. The number of aromatic nitrogens is 3. The van der Waals surface area contributed by atoms with Gasteiger partial charge in [0.25, 0.3) is 0 Å². The van der Waals surface area contributed by atoms with E-state index in [0.29, 0.717) is 11.5 Å². The fourth-order valence-corrected chi connectivity index (χ4v) is 4.18. The third-order valence-electron chi connectivity index (χ3n) is 4.70. The Morgan fingerprint density at radius 3 is 2.84 bits per heavy atom. The highest BCUT2D eigenvalue weighted by molar-refractivity contribution is 7.03. The molecule has 0 saturated carbocycles. The van der Waals surface area contributed by atoms with Gasteiger partial charge in [0.1, 0.15) is 6.67 Å². The lowest BCUT2D eigenvalue weighted by molar-refractivity contribution is 0.672. The average molecular weight is 355 g/mol. The molecule has 2 heterocycles. The monoisotopic (exact) mass is 355 g/mol. The van der Waals surface area contributed by atoms with E-state index in [9.17, 15) is 4.79 Å². The topological polar surface area (TPSA) is 64.2 Å². The van der Waals surface area contributed by atoms with Gasteiger partial charge in [-0.2, -0.15) is 0 Å². The highest BCUT2D eigenvalue weighted by atomic mass is 32.1. The molecular formula is C18H21N5OS. The number of nitrogens with one attached hydrogen (secondary N) is 1. The standard InChI is InChI=1S/C18H21N5OS/c1-22-17(25-23(2)18(22)24)20-11-19-16-12-7-3-5-9-14(12)21-15-10-6-4-8-13(15)16/h3,5,7,9H,4,6,8,10-11H2,1-2H3,(H,19,21). The second kappa shape index (κ2) is 6.48. The maximum Gasteiger partial charge on any atom is 0.339 e. The van der Waals surface area contributed by atoms with Crippen LogP contribution in [0, 0.1) is 0 Å². The van der Waals surface area contributed by atoms with Crippen molar-refractivity contribution in [2.45, 2.75) is 25.7 Å². The first kappa shape index (κ1) is 16.1. The first-order valence-electron chi connectivity index (χ1n) is 8.53. The third-order valence-corrected chi connectivity index (χ3v) is 5.70. The fourth-order valence-electron chi connectivity index (χ4n) is 3.41. The summed E-state index contributed by atoms with van der Waals surface area (Å²) in [6.45, 7) is 0.439. The molecule has 0 aliphatic heterocycles. The largest absolute Gasteiger partial charge is 0.365 e. The predicted octanol–water partition coefficient (Wildman–Crippen LogP) is 2.18. The zero-order valence-electron chi connectivity index (χ0n) is 14.5. The molecule has 0 saturated heterocycles. The number of para-hydroxylation sites is 1. The van der Waals surface area contributed by atoms with E-state index in [4.69, 9.17) is 4.98 Å². The SMILES string of the molecule is Cn1sc(=NCNc2c3c(nc4ccccc24)CCCC3)n(C)c1=O. The Morgan fingerprint density at radius 2 is 2.04 bits per heavy atom. The molecule has 0 unspecified atom stereocenters. The van der Waals surface area contributed by atoms with E-state index in [-0.39, 0.29) is 5.69 Å². The Balaban J connectivity index is 1.73. The Morgan fingerprint density at radius 1 is 1.24 bits per heavy atom. The number of nitrogens with zero attached hydrogens (tertiary/aromatic N) is 4. The molecule has 0 atom stereocenters. The van der Waals surface area contributed by atoms with Crippen LogP contribution in [-0.4, -0.2) is 20.2 Å². The van der Waals surface area contributed by atoms with Gasteiger partial charge in [-0.15, -0.1) is 0 Å². The van der Waals surface area contributed by atoms with Crippen molar-refractivity contribution in [3.8, 4) is 0 Å². The molecule has 0 amide bonds. The minimum Gasteiger partial charge on any atom is -0.365 e. The Hall–Kier alpha value is -2.41. The lowest BCUT2D eigenvalue weighted by Gasteiger charge is -2.21. The molecule has 1 aromatic carbocycles. The summed E-state index contributed by atoms with van der Waals surface area (Å²) in [6, 6.07) is 8.25. The van der Waals surface area contributed by atoms with Gasteiger partial charge in [-0.05, 0) is 48.8 Å². The smallest absolute Gasteiger partial charge is 0.339 e. The van der Waals surface area contributed by atoms with Crippen molar-refractivity contribution in [1.82, 2.24) is 13.5 Å². The number of hydrogen-bond donors (Lipinski definition) is 1. The van der Waals surface area contributed by atoms with Crippen molar-refractivity contribution < 1.29 is 0 Å². The second-order valence-corrected chi connectivity index (χ2v) is 7.44. The van der Waals surface area contributed by atoms with Gasteiger partial charge in [-0.3, -0.25) is 9.55 Å². The van der Waals surface area contributed by atoms with Crippen LogP contribution in [-0.2, 0) is 26.9 Å². The lowest BCUT2D eigenvalue weighted by Crippen LogP contribution is -2.26. The molecule has 1 aliphatic rings. The highest BCUT2D eigenvalue weighted by Gasteiger charge is 2.17. The molecule has 3 aromatic rings. The Labute approximate surface area is 149 Å². The van der Waals surface area contributed by atoms with E-state index in [1.54, 1.807) is 22.6 Å². The van der Waals surface area contributed by atoms with Gasteiger partial charge >= 0.3 is 5.69 Å². The number of pyridine rings is 1. The van der Waals surface area contributed by atoms with Crippen molar-refractivity contribution in [2.24, 2.45) is 19.1 Å². The van der Waals surface area contributed by atoms with Crippen LogP contribution in [0.5, 0.6) is 0 Å². The highest BCUT2D eigenvalue weighted by Crippen LogP contribution is 2.33. The average Bonchev–Trinajstić information content (AvgIpc) is 2.88. The van der Waals surface area contributed by atoms with E-state index < -0.39 is 0 Å². The summed E-state index contributed by atoms with van der Waals surface area (Å²) in [4.78, 5) is 22.0. The van der Waals surface area contributed by atoms with E-state index in [0.717, 1.165) is 29.4 Å². The van der Waals surface area contributed by atoms with Gasteiger partial charge in [0, 0.05) is 25.2 Å². The first-order chi connectivity index (χ1) is 12.1. The number of aryl methyl sites for hydroxylation is 2. The molecule has 4 rings (SSSR count). The van der Waals surface area contributed by atoms with E-state index in [2.05, 4.69) is 22.4 Å². The van der Waals surface area contributed by atoms with E-state index >= 15 is 0 Å². The van der Waals surface area contributed by atoms with Crippen LogP contribution in [0.2, 0.25) is 0 Å². The molecule has 6 nitrogen and oxygen atoms in total.